The predicted octanol–water partition coefficient (Wildman–Crippen LogP) is 3.22. The maximum atomic E-state index is 12.0. The summed E-state index contributed by atoms with van der Waals surface area (Å²) in [4.78, 5) is 13.3. The number of tetrazole rings is 1. The van der Waals surface area contributed by atoms with Crippen molar-refractivity contribution in [3.05, 3.63) is 63.6 Å². The van der Waals surface area contributed by atoms with E-state index in [0.29, 0.717) is 21.6 Å². The third-order valence-electron chi connectivity index (χ3n) is 3.95. The minimum Gasteiger partial charge on any atom is -0.487 e. The van der Waals surface area contributed by atoms with Crippen molar-refractivity contribution in [2.75, 3.05) is 6.61 Å². The highest BCUT2D eigenvalue weighted by atomic mass is 35.5. The van der Waals surface area contributed by atoms with Gasteiger partial charge in [0.25, 0.3) is 5.91 Å². The fourth-order valence-corrected chi connectivity index (χ4v) is 3.24. The number of benzene rings is 2. The molecule has 0 spiro atoms. The number of hydrogen-bond acceptors (Lipinski definition) is 6. The first kappa shape index (κ1) is 19.1. The zero-order valence-electron chi connectivity index (χ0n) is 14.9. The van der Waals surface area contributed by atoms with E-state index in [-0.39, 0.29) is 19.1 Å². The maximum absolute atomic E-state index is 12.0. The molecule has 0 unspecified atom stereocenters. The van der Waals surface area contributed by atoms with Gasteiger partial charge in [0, 0.05) is 21.7 Å². The van der Waals surface area contributed by atoms with E-state index < -0.39 is 0 Å². The van der Waals surface area contributed by atoms with Crippen molar-refractivity contribution in [1.29, 1.82) is 0 Å². The van der Waals surface area contributed by atoms with Crippen molar-refractivity contribution in [2.24, 2.45) is 5.10 Å². The molecule has 1 N–H and O–H groups in total. The van der Waals surface area contributed by atoms with Crippen LogP contribution in [0.4, 0.5) is 0 Å². The highest BCUT2D eigenvalue weighted by molar-refractivity contribution is 6.36. The molecule has 1 aromatic heterocycles. The van der Waals surface area contributed by atoms with Gasteiger partial charge in [-0.05, 0) is 23.4 Å². The van der Waals surface area contributed by atoms with E-state index in [2.05, 4.69) is 25.9 Å². The summed E-state index contributed by atoms with van der Waals surface area (Å²) in [5, 5.41) is 16.9. The van der Waals surface area contributed by atoms with Gasteiger partial charge in [0.2, 0.25) is 5.82 Å². The van der Waals surface area contributed by atoms with E-state index >= 15 is 0 Å². The molecule has 10 heteroatoms. The van der Waals surface area contributed by atoms with Gasteiger partial charge in [0.15, 0.2) is 0 Å². The number of carbonyl (C=O) groups excluding carboxylic acids is 1. The Bertz CT molecular complexity index is 1110. The van der Waals surface area contributed by atoms with Crippen molar-refractivity contribution in [2.45, 2.75) is 6.54 Å². The molecule has 1 amide bonds. The van der Waals surface area contributed by atoms with Crippen LogP contribution >= 0.6 is 23.2 Å². The average Bonchev–Trinajstić information content (AvgIpc) is 3.16. The lowest BCUT2D eigenvalue weighted by Crippen LogP contribution is -2.24. The van der Waals surface area contributed by atoms with Crippen molar-refractivity contribution >= 4 is 41.4 Å². The van der Waals surface area contributed by atoms with Crippen LogP contribution in [0.1, 0.15) is 5.56 Å². The Morgan fingerprint density at radius 3 is 2.93 bits per heavy atom. The van der Waals surface area contributed by atoms with Crippen LogP contribution in [-0.2, 0) is 11.3 Å². The van der Waals surface area contributed by atoms with E-state index in [1.54, 1.807) is 12.1 Å². The summed E-state index contributed by atoms with van der Waals surface area (Å²) in [6, 6.07) is 12.7. The molecular formula is C19H14Cl2N6O2. The predicted molar refractivity (Wildman–Crippen MR) is 110 cm³/mol. The maximum Gasteiger partial charge on any atom is 0.263 e. The monoisotopic (exact) mass is 428 g/mol. The van der Waals surface area contributed by atoms with Crippen LogP contribution in [0.3, 0.4) is 0 Å². The summed E-state index contributed by atoms with van der Waals surface area (Å²) < 4.78 is 5.62. The molecule has 0 aliphatic carbocycles. The molecule has 0 fully saturated rings. The largest absolute Gasteiger partial charge is 0.487 e. The number of hydrogen-bond donors (Lipinski definition) is 1. The number of nitrogens with one attached hydrogen (secondary N) is 1. The zero-order valence-corrected chi connectivity index (χ0v) is 16.4. The SMILES string of the molecule is O=C(Cn1nnc(-c2ccccc2)n1)N/N=C/C1=Cc2cc(Cl)cc(Cl)c2OC1. The lowest BCUT2D eigenvalue weighted by molar-refractivity contribution is -0.122. The highest BCUT2D eigenvalue weighted by Crippen LogP contribution is 2.36. The van der Waals surface area contributed by atoms with Gasteiger partial charge in [0.05, 0.1) is 11.2 Å². The second-order valence-electron chi connectivity index (χ2n) is 6.12. The van der Waals surface area contributed by atoms with E-state index in [9.17, 15) is 4.79 Å². The van der Waals surface area contributed by atoms with Gasteiger partial charge in [-0.3, -0.25) is 4.79 Å². The standard InChI is InChI=1S/C19H14Cl2N6O2/c20-15-7-14-6-12(11-29-18(14)16(21)8-15)9-22-23-17(28)10-27-25-19(24-26-27)13-4-2-1-3-5-13/h1-9H,10-11H2,(H,23,28)/b22-9+. The first-order chi connectivity index (χ1) is 14.1. The molecular weight excluding hydrogens is 415 g/mol. The van der Waals surface area contributed by atoms with Gasteiger partial charge in [-0.1, -0.05) is 53.5 Å². The molecule has 0 radical (unpaired) electrons. The smallest absolute Gasteiger partial charge is 0.263 e. The second-order valence-corrected chi connectivity index (χ2v) is 6.96. The third kappa shape index (κ3) is 4.61. The molecule has 0 bridgehead atoms. The van der Waals surface area contributed by atoms with Crippen molar-refractivity contribution in [3.8, 4) is 17.1 Å². The first-order valence-corrected chi connectivity index (χ1v) is 9.31. The van der Waals surface area contributed by atoms with Crippen LogP contribution in [0.2, 0.25) is 10.0 Å². The van der Waals surface area contributed by atoms with Crippen LogP contribution in [0.15, 0.2) is 53.1 Å². The van der Waals surface area contributed by atoms with E-state index in [0.717, 1.165) is 16.7 Å². The summed E-state index contributed by atoms with van der Waals surface area (Å²) in [6.07, 6.45) is 3.34. The van der Waals surface area contributed by atoms with Crippen LogP contribution in [-0.4, -0.2) is 38.9 Å². The summed E-state index contributed by atoms with van der Waals surface area (Å²) in [7, 11) is 0. The fourth-order valence-electron chi connectivity index (χ4n) is 2.68. The number of halogens is 2. The number of ether oxygens (including phenoxy) is 1. The molecule has 0 saturated carbocycles. The topological polar surface area (TPSA) is 94.3 Å². The number of hydrazone groups is 1. The molecule has 0 saturated heterocycles. The summed E-state index contributed by atoms with van der Waals surface area (Å²) in [5.41, 5.74) is 4.75. The van der Waals surface area contributed by atoms with E-state index in [4.69, 9.17) is 27.9 Å². The lowest BCUT2D eigenvalue weighted by Gasteiger charge is -2.17. The molecule has 3 aromatic rings. The summed E-state index contributed by atoms with van der Waals surface area (Å²) in [5.74, 6) is 0.633. The molecule has 4 rings (SSSR count). The third-order valence-corrected chi connectivity index (χ3v) is 4.45. The molecule has 0 atom stereocenters. The zero-order chi connectivity index (χ0) is 20.2. The Morgan fingerprint density at radius 2 is 2.10 bits per heavy atom. The average molecular weight is 429 g/mol. The Hall–Kier alpha value is -3.23. The normalized spacial score (nSPS) is 13.0. The minimum absolute atomic E-state index is 0.110. The quantitative estimate of drug-likeness (QED) is 0.497. The molecule has 146 valence electrons. The number of carbonyl (C=O) groups is 1. The van der Waals surface area contributed by atoms with Gasteiger partial charge >= 0.3 is 0 Å². The number of aromatic nitrogens is 4. The second kappa shape index (κ2) is 8.42. The molecule has 1 aliphatic rings. The summed E-state index contributed by atoms with van der Waals surface area (Å²) in [6.45, 7) is 0.166. The van der Waals surface area contributed by atoms with E-state index in [1.165, 1.54) is 11.0 Å². The van der Waals surface area contributed by atoms with Gasteiger partial charge in [-0.2, -0.15) is 9.90 Å². The van der Waals surface area contributed by atoms with Crippen LogP contribution in [0.5, 0.6) is 5.75 Å². The molecule has 29 heavy (non-hydrogen) atoms. The molecule has 2 heterocycles. The van der Waals surface area contributed by atoms with Gasteiger partial charge in [-0.25, -0.2) is 5.43 Å². The highest BCUT2D eigenvalue weighted by Gasteiger charge is 2.15. The van der Waals surface area contributed by atoms with Crippen LogP contribution < -0.4 is 10.2 Å². The Labute approximate surface area is 175 Å². The van der Waals surface area contributed by atoms with Crippen molar-refractivity contribution < 1.29 is 9.53 Å². The lowest BCUT2D eigenvalue weighted by atomic mass is 10.1. The number of fused-ring (bicyclic) bond motifs is 1. The van der Waals surface area contributed by atoms with Crippen molar-refractivity contribution in [3.63, 3.8) is 0 Å². The number of amides is 1. The Morgan fingerprint density at radius 1 is 1.28 bits per heavy atom. The fraction of sp³-hybridized carbons (Fsp3) is 0.105. The first-order valence-electron chi connectivity index (χ1n) is 8.56. The number of rotatable bonds is 5. The van der Waals surface area contributed by atoms with Crippen LogP contribution in [0, 0.1) is 0 Å². The van der Waals surface area contributed by atoms with Gasteiger partial charge < -0.3 is 4.74 Å². The molecule has 8 nitrogen and oxygen atoms in total. The van der Waals surface area contributed by atoms with Gasteiger partial charge in [-0.15, -0.1) is 10.2 Å². The van der Waals surface area contributed by atoms with E-state index in [1.807, 2.05) is 36.4 Å². The van der Waals surface area contributed by atoms with Crippen LogP contribution in [0.25, 0.3) is 17.5 Å². The van der Waals surface area contributed by atoms with Crippen molar-refractivity contribution in [1.82, 2.24) is 25.6 Å². The summed E-state index contributed by atoms with van der Waals surface area (Å²) >= 11 is 12.1. The number of nitrogens with zero attached hydrogens (tertiary/aromatic N) is 5. The Balaban J connectivity index is 1.36. The molecule has 1 aliphatic heterocycles. The molecule has 2 aromatic carbocycles. The van der Waals surface area contributed by atoms with Gasteiger partial charge in [0.1, 0.15) is 18.9 Å². The minimum atomic E-state index is -0.387. The Kier molecular flexibility index (Phi) is 5.55.